The molecule has 15 heavy (non-hydrogen) atoms. The Bertz CT molecular complexity index is 291. The lowest BCUT2D eigenvalue weighted by atomic mass is 10.1. The van der Waals surface area contributed by atoms with E-state index in [1.807, 2.05) is 12.3 Å². The molecule has 0 N–H and O–H groups in total. The average molecular weight is 206 g/mol. The summed E-state index contributed by atoms with van der Waals surface area (Å²) in [5.41, 5.74) is 2.24. The summed E-state index contributed by atoms with van der Waals surface area (Å²) in [6, 6.07) is 4.19. The number of methoxy groups -OCH3 is 1. The average Bonchev–Trinajstić information content (AvgIpc) is 2.32. The molecule has 1 saturated heterocycles. The van der Waals surface area contributed by atoms with Gasteiger partial charge in [-0.25, -0.2) is 0 Å². The molecule has 0 spiro atoms. The number of aromatic nitrogens is 1. The van der Waals surface area contributed by atoms with E-state index in [4.69, 9.17) is 4.74 Å². The van der Waals surface area contributed by atoms with Crippen LogP contribution < -0.4 is 4.90 Å². The molecule has 82 valence electrons. The number of hydrogen-bond donors (Lipinski definition) is 0. The van der Waals surface area contributed by atoms with Gasteiger partial charge < -0.3 is 9.64 Å². The van der Waals surface area contributed by atoms with Crippen molar-refractivity contribution in [2.45, 2.75) is 25.9 Å². The molecule has 0 unspecified atom stereocenters. The summed E-state index contributed by atoms with van der Waals surface area (Å²) in [5.74, 6) is 0. The number of ether oxygens (including phenoxy) is 1. The van der Waals surface area contributed by atoms with E-state index < -0.39 is 0 Å². The molecular formula is C12H18N2O. The smallest absolute Gasteiger partial charge is 0.0884 e. The third-order valence-corrected chi connectivity index (χ3v) is 2.82. The van der Waals surface area contributed by atoms with E-state index in [0.717, 1.165) is 5.69 Å². The zero-order chi connectivity index (χ0) is 10.5. The molecular weight excluding hydrogens is 188 g/mol. The highest BCUT2D eigenvalue weighted by molar-refractivity contribution is 5.44. The van der Waals surface area contributed by atoms with E-state index in [1.54, 1.807) is 7.11 Å². The largest absolute Gasteiger partial charge is 0.378 e. The van der Waals surface area contributed by atoms with Crippen molar-refractivity contribution in [1.82, 2.24) is 4.98 Å². The Labute approximate surface area is 91.1 Å². The minimum absolute atomic E-state index is 0.597. The van der Waals surface area contributed by atoms with Crippen molar-refractivity contribution in [2.24, 2.45) is 0 Å². The Morgan fingerprint density at radius 1 is 1.27 bits per heavy atom. The summed E-state index contributed by atoms with van der Waals surface area (Å²) in [6.45, 7) is 2.94. The summed E-state index contributed by atoms with van der Waals surface area (Å²) in [5, 5.41) is 0. The predicted octanol–water partition coefficient (Wildman–Crippen LogP) is 2.22. The molecule has 0 aromatic carbocycles. The van der Waals surface area contributed by atoms with Crippen molar-refractivity contribution in [3.05, 3.63) is 24.0 Å². The Morgan fingerprint density at radius 3 is 2.67 bits per heavy atom. The van der Waals surface area contributed by atoms with Gasteiger partial charge in [0.05, 0.1) is 24.2 Å². The number of piperidine rings is 1. The number of hydrogen-bond acceptors (Lipinski definition) is 3. The molecule has 3 nitrogen and oxygen atoms in total. The number of pyridine rings is 1. The van der Waals surface area contributed by atoms with Gasteiger partial charge in [-0.1, -0.05) is 0 Å². The second-order valence-electron chi connectivity index (χ2n) is 3.99. The standard InChI is InChI=1S/C12H18N2O/c1-15-10-11-5-6-12(9-13-11)14-7-3-2-4-8-14/h5-6,9H,2-4,7-8,10H2,1H3. The van der Waals surface area contributed by atoms with Crippen molar-refractivity contribution < 1.29 is 4.74 Å². The first-order valence-electron chi connectivity index (χ1n) is 5.59. The molecule has 1 aromatic rings. The zero-order valence-electron chi connectivity index (χ0n) is 9.28. The minimum atomic E-state index is 0.597. The highest BCUT2D eigenvalue weighted by atomic mass is 16.5. The Morgan fingerprint density at radius 2 is 2.07 bits per heavy atom. The maximum Gasteiger partial charge on any atom is 0.0884 e. The highest BCUT2D eigenvalue weighted by Crippen LogP contribution is 2.18. The van der Waals surface area contributed by atoms with E-state index >= 15 is 0 Å². The van der Waals surface area contributed by atoms with Crippen LogP contribution in [-0.4, -0.2) is 25.2 Å². The molecule has 0 saturated carbocycles. The van der Waals surface area contributed by atoms with Gasteiger partial charge in [0.1, 0.15) is 0 Å². The second kappa shape index (κ2) is 5.12. The fraction of sp³-hybridized carbons (Fsp3) is 0.583. The lowest BCUT2D eigenvalue weighted by Crippen LogP contribution is -2.29. The van der Waals surface area contributed by atoms with Crippen molar-refractivity contribution in [2.75, 3.05) is 25.1 Å². The van der Waals surface area contributed by atoms with Crippen LogP contribution >= 0.6 is 0 Å². The SMILES string of the molecule is COCc1ccc(N2CCCCC2)cn1. The molecule has 0 amide bonds. The van der Waals surface area contributed by atoms with Gasteiger partial charge in [0.2, 0.25) is 0 Å². The first-order valence-corrected chi connectivity index (χ1v) is 5.59. The van der Waals surface area contributed by atoms with Crippen LogP contribution in [0.4, 0.5) is 5.69 Å². The maximum absolute atomic E-state index is 5.04. The maximum atomic E-state index is 5.04. The van der Waals surface area contributed by atoms with Gasteiger partial charge >= 0.3 is 0 Å². The zero-order valence-corrected chi connectivity index (χ0v) is 9.28. The quantitative estimate of drug-likeness (QED) is 0.758. The van der Waals surface area contributed by atoms with Crippen molar-refractivity contribution in [3.63, 3.8) is 0 Å². The van der Waals surface area contributed by atoms with Crippen molar-refractivity contribution in [1.29, 1.82) is 0 Å². The molecule has 1 fully saturated rings. The molecule has 3 heteroatoms. The van der Waals surface area contributed by atoms with E-state index in [2.05, 4.69) is 16.0 Å². The van der Waals surface area contributed by atoms with E-state index in [9.17, 15) is 0 Å². The first-order chi connectivity index (χ1) is 7.40. The van der Waals surface area contributed by atoms with Gasteiger partial charge in [0.25, 0.3) is 0 Å². The first kappa shape index (κ1) is 10.4. The Balaban J connectivity index is 2.02. The molecule has 1 aliphatic heterocycles. The van der Waals surface area contributed by atoms with Crippen LogP contribution in [0.1, 0.15) is 25.0 Å². The second-order valence-corrected chi connectivity index (χ2v) is 3.99. The molecule has 0 radical (unpaired) electrons. The van der Waals surface area contributed by atoms with Crippen LogP contribution in [-0.2, 0) is 11.3 Å². The van der Waals surface area contributed by atoms with Crippen LogP contribution in [0.15, 0.2) is 18.3 Å². The van der Waals surface area contributed by atoms with Gasteiger partial charge in [-0.15, -0.1) is 0 Å². The summed E-state index contributed by atoms with van der Waals surface area (Å²) in [6.07, 6.45) is 5.94. The normalized spacial score (nSPS) is 16.7. The lowest BCUT2D eigenvalue weighted by molar-refractivity contribution is 0.181. The summed E-state index contributed by atoms with van der Waals surface area (Å²) < 4.78 is 5.04. The molecule has 2 rings (SSSR count). The lowest BCUT2D eigenvalue weighted by Gasteiger charge is -2.28. The number of nitrogens with zero attached hydrogens (tertiary/aromatic N) is 2. The molecule has 0 aliphatic carbocycles. The third kappa shape index (κ3) is 2.69. The van der Waals surface area contributed by atoms with Crippen molar-refractivity contribution >= 4 is 5.69 Å². The Kier molecular flexibility index (Phi) is 3.56. The van der Waals surface area contributed by atoms with Crippen LogP contribution in [0.25, 0.3) is 0 Å². The van der Waals surface area contributed by atoms with Crippen LogP contribution in [0.2, 0.25) is 0 Å². The summed E-state index contributed by atoms with van der Waals surface area (Å²) in [4.78, 5) is 6.79. The van der Waals surface area contributed by atoms with Gasteiger partial charge in [-0.05, 0) is 31.4 Å². The molecule has 0 bridgehead atoms. The number of anilines is 1. The number of rotatable bonds is 3. The molecule has 1 aliphatic rings. The molecule has 2 heterocycles. The summed E-state index contributed by atoms with van der Waals surface area (Å²) in [7, 11) is 1.69. The monoisotopic (exact) mass is 206 g/mol. The molecule has 0 atom stereocenters. The summed E-state index contributed by atoms with van der Waals surface area (Å²) >= 11 is 0. The van der Waals surface area contributed by atoms with Gasteiger partial charge in [0.15, 0.2) is 0 Å². The van der Waals surface area contributed by atoms with E-state index in [1.165, 1.54) is 38.0 Å². The van der Waals surface area contributed by atoms with Crippen LogP contribution in [0, 0.1) is 0 Å². The predicted molar refractivity (Wildman–Crippen MR) is 61.0 cm³/mol. The van der Waals surface area contributed by atoms with E-state index in [-0.39, 0.29) is 0 Å². The van der Waals surface area contributed by atoms with Crippen molar-refractivity contribution in [3.8, 4) is 0 Å². The van der Waals surface area contributed by atoms with Gasteiger partial charge in [-0.3, -0.25) is 4.98 Å². The topological polar surface area (TPSA) is 25.4 Å². The van der Waals surface area contributed by atoms with Gasteiger partial charge in [0, 0.05) is 20.2 Å². The van der Waals surface area contributed by atoms with E-state index in [0.29, 0.717) is 6.61 Å². The fourth-order valence-corrected chi connectivity index (χ4v) is 1.99. The van der Waals surface area contributed by atoms with Crippen LogP contribution in [0.3, 0.4) is 0 Å². The fourth-order valence-electron chi connectivity index (χ4n) is 1.99. The van der Waals surface area contributed by atoms with Gasteiger partial charge in [-0.2, -0.15) is 0 Å². The third-order valence-electron chi connectivity index (χ3n) is 2.82. The molecule has 1 aromatic heterocycles. The minimum Gasteiger partial charge on any atom is -0.378 e. The van der Waals surface area contributed by atoms with Crippen LogP contribution in [0.5, 0.6) is 0 Å². The Hall–Kier alpha value is -1.09. The highest BCUT2D eigenvalue weighted by Gasteiger charge is 2.10.